The fourth-order valence-corrected chi connectivity index (χ4v) is 3.18. The Bertz CT molecular complexity index is 1160. The molecule has 0 fully saturated rings. The zero-order valence-electron chi connectivity index (χ0n) is 13.8. The molecule has 0 atom stereocenters. The molecule has 0 saturated carbocycles. The quantitative estimate of drug-likeness (QED) is 0.606. The Hall–Kier alpha value is -3.54. The van der Waals surface area contributed by atoms with Crippen molar-refractivity contribution < 1.29 is 9.47 Å². The molecule has 2 aromatic heterocycles. The van der Waals surface area contributed by atoms with Crippen LogP contribution in [0.15, 0.2) is 65.6 Å². The highest BCUT2D eigenvalue weighted by molar-refractivity contribution is 5.78. The van der Waals surface area contributed by atoms with Gasteiger partial charge in [0.25, 0.3) is 5.56 Å². The summed E-state index contributed by atoms with van der Waals surface area (Å²) >= 11 is 0. The molecule has 0 amide bonds. The summed E-state index contributed by atoms with van der Waals surface area (Å²) in [6, 6.07) is 17.1. The molecule has 0 radical (unpaired) electrons. The number of ether oxygens (including phenoxy) is 2. The lowest BCUT2D eigenvalue weighted by Gasteiger charge is -2.18. The summed E-state index contributed by atoms with van der Waals surface area (Å²) in [6.07, 6.45) is 1.70. The number of nitrogens with one attached hydrogen (secondary N) is 1. The Labute approximate surface area is 148 Å². The van der Waals surface area contributed by atoms with Gasteiger partial charge >= 0.3 is 0 Å². The van der Waals surface area contributed by atoms with Gasteiger partial charge in [-0.25, -0.2) is 0 Å². The molecule has 6 heteroatoms. The van der Waals surface area contributed by atoms with E-state index in [0.29, 0.717) is 30.3 Å². The molecular formula is C20H15N3O3. The van der Waals surface area contributed by atoms with Crippen molar-refractivity contribution in [3.63, 3.8) is 0 Å². The van der Waals surface area contributed by atoms with Crippen molar-refractivity contribution in [2.75, 3.05) is 13.2 Å². The van der Waals surface area contributed by atoms with E-state index in [1.165, 1.54) is 4.52 Å². The molecule has 4 aromatic rings. The molecule has 128 valence electrons. The number of fused-ring (bicyclic) bond motifs is 2. The molecule has 0 spiro atoms. The predicted octanol–water partition coefficient (Wildman–Crippen LogP) is 3.13. The Kier molecular flexibility index (Phi) is 3.28. The molecular weight excluding hydrogens is 330 g/mol. The number of hydrogen-bond donors (Lipinski definition) is 1. The zero-order chi connectivity index (χ0) is 17.5. The van der Waals surface area contributed by atoms with E-state index in [-0.39, 0.29) is 5.56 Å². The van der Waals surface area contributed by atoms with E-state index in [0.717, 1.165) is 22.4 Å². The van der Waals surface area contributed by atoms with Gasteiger partial charge in [0.2, 0.25) is 0 Å². The van der Waals surface area contributed by atoms with E-state index in [2.05, 4.69) is 10.1 Å². The van der Waals surface area contributed by atoms with Gasteiger partial charge in [-0.2, -0.15) is 9.61 Å². The van der Waals surface area contributed by atoms with Crippen molar-refractivity contribution in [1.29, 1.82) is 0 Å². The number of aromatic nitrogens is 3. The highest BCUT2D eigenvalue weighted by atomic mass is 16.6. The van der Waals surface area contributed by atoms with E-state index in [1.54, 1.807) is 12.3 Å². The van der Waals surface area contributed by atoms with Crippen molar-refractivity contribution in [3.05, 3.63) is 71.1 Å². The highest BCUT2D eigenvalue weighted by Gasteiger charge is 2.15. The van der Waals surface area contributed by atoms with Crippen LogP contribution in [0.25, 0.3) is 28.0 Å². The summed E-state index contributed by atoms with van der Waals surface area (Å²) in [7, 11) is 0. The molecule has 0 saturated heterocycles. The average molecular weight is 345 g/mol. The summed E-state index contributed by atoms with van der Waals surface area (Å²) in [5, 5.41) is 4.23. The van der Waals surface area contributed by atoms with E-state index < -0.39 is 0 Å². The van der Waals surface area contributed by atoms with Crippen LogP contribution in [0.4, 0.5) is 0 Å². The van der Waals surface area contributed by atoms with Crippen molar-refractivity contribution >= 4 is 5.65 Å². The smallest absolute Gasteiger partial charge is 0.274 e. The fourth-order valence-electron chi connectivity index (χ4n) is 3.18. The van der Waals surface area contributed by atoms with E-state index in [9.17, 15) is 4.79 Å². The molecule has 2 aromatic carbocycles. The second kappa shape index (κ2) is 5.77. The molecule has 6 nitrogen and oxygen atoms in total. The van der Waals surface area contributed by atoms with Crippen molar-refractivity contribution in [3.8, 4) is 33.9 Å². The lowest BCUT2D eigenvalue weighted by molar-refractivity contribution is 0.171. The second-order valence-corrected chi connectivity index (χ2v) is 6.06. The minimum atomic E-state index is -0.189. The summed E-state index contributed by atoms with van der Waals surface area (Å²) in [5.41, 5.74) is 3.91. The van der Waals surface area contributed by atoms with Crippen LogP contribution in [-0.4, -0.2) is 27.8 Å². The van der Waals surface area contributed by atoms with Crippen LogP contribution in [0.3, 0.4) is 0 Å². The van der Waals surface area contributed by atoms with Gasteiger partial charge in [0, 0.05) is 17.2 Å². The summed E-state index contributed by atoms with van der Waals surface area (Å²) in [6.45, 7) is 1.07. The summed E-state index contributed by atoms with van der Waals surface area (Å²) in [4.78, 5) is 15.9. The molecule has 26 heavy (non-hydrogen) atoms. The molecule has 1 aliphatic rings. The van der Waals surface area contributed by atoms with Gasteiger partial charge in [0.1, 0.15) is 18.9 Å². The van der Waals surface area contributed by atoms with E-state index >= 15 is 0 Å². The molecule has 1 N–H and O–H groups in total. The standard InChI is InChI=1S/C20H15N3O3/c24-19-11-16(14-6-7-17-18(10-14)26-9-8-25-17)22-20-15(12-21-23(19)20)13-4-2-1-3-5-13/h1-7,10-12,22H,8-9H2. The van der Waals surface area contributed by atoms with Gasteiger partial charge in [-0.05, 0) is 23.8 Å². The van der Waals surface area contributed by atoms with Gasteiger partial charge in [-0.1, -0.05) is 30.3 Å². The summed E-state index contributed by atoms with van der Waals surface area (Å²) < 4.78 is 12.6. The SMILES string of the molecule is O=c1cc(-c2ccc3c(c2)OCCO3)[nH]c2c(-c3ccccc3)cnn12. The molecule has 0 unspecified atom stereocenters. The second-order valence-electron chi connectivity index (χ2n) is 6.06. The Morgan fingerprint density at radius 3 is 2.58 bits per heavy atom. The molecule has 1 aliphatic heterocycles. The van der Waals surface area contributed by atoms with Crippen LogP contribution >= 0.6 is 0 Å². The Morgan fingerprint density at radius 1 is 0.923 bits per heavy atom. The van der Waals surface area contributed by atoms with Gasteiger partial charge in [-0.15, -0.1) is 0 Å². The summed E-state index contributed by atoms with van der Waals surface area (Å²) in [5.74, 6) is 1.41. The van der Waals surface area contributed by atoms with Crippen LogP contribution in [0, 0.1) is 0 Å². The first kappa shape index (κ1) is 14.8. The number of benzene rings is 2. The monoisotopic (exact) mass is 345 g/mol. The number of rotatable bonds is 2. The van der Waals surface area contributed by atoms with Crippen LogP contribution < -0.4 is 15.0 Å². The van der Waals surface area contributed by atoms with Crippen LogP contribution in [-0.2, 0) is 0 Å². The van der Waals surface area contributed by atoms with Crippen LogP contribution in [0.5, 0.6) is 11.5 Å². The van der Waals surface area contributed by atoms with Crippen molar-refractivity contribution in [1.82, 2.24) is 14.6 Å². The molecule has 5 rings (SSSR count). The minimum absolute atomic E-state index is 0.189. The number of H-pyrrole nitrogens is 1. The first-order valence-corrected chi connectivity index (χ1v) is 8.36. The third kappa shape index (κ3) is 2.35. The van der Waals surface area contributed by atoms with Crippen LogP contribution in [0.1, 0.15) is 0 Å². The fraction of sp³-hybridized carbons (Fsp3) is 0.100. The van der Waals surface area contributed by atoms with Crippen molar-refractivity contribution in [2.45, 2.75) is 0 Å². The molecule has 0 aliphatic carbocycles. The average Bonchev–Trinajstić information content (AvgIpc) is 3.13. The maximum atomic E-state index is 12.5. The lowest BCUT2D eigenvalue weighted by atomic mass is 10.1. The maximum Gasteiger partial charge on any atom is 0.274 e. The number of aromatic amines is 1. The Morgan fingerprint density at radius 2 is 1.73 bits per heavy atom. The maximum absolute atomic E-state index is 12.5. The van der Waals surface area contributed by atoms with E-state index in [4.69, 9.17) is 9.47 Å². The predicted molar refractivity (Wildman–Crippen MR) is 97.7 cm³/mol. The van der Waals surface area contributed by atoms with E-state index in [1.807, 2.05) is 48.5 Å². The lowest BCUT2D eigenvalue weighted by Crippen LogP contribution is -2.16. The Balaban J connectivity index is 1.69. The van der Waals surface area contributed by atoms with Crippen LogP contribution in [0.2, 0.25) is 0 Å². The first-order valence-electron chi connectivity index (χ1n) is 8.36. The van der Waals surface area contributed by atoms with Gasteiger partial charge in [-0.3, -0.25) is 4.79 Å². The largest absolute Gasteiger partial charge is 0.486 e. The van der Waals surface area contributed by atoms with Gasteiger partial charge in [0.05, 0.1) is 11.9 Å². The zero-order valence-corrected chi connectivity index (χ0v) is 13.8. The third-order valence-electron chi connectivity index (χ3n) is 4.44. The van der Waals surface area contributed by atoms with Gasteiger partial charge in [0.15, 0.2) is 11.5 Å². The van der Waals surface area contributed by atoms with Crippen molar-refractivity contribution in [2.24, 2.45) is 0 Å². The topological polar surface area (TPSA) is 68.6 Å². The van der Waals surface area contributed by atoms with Gasteiger partial charge < -0.3 is 14.5 Å². The normalized spacial score (nSPS) is 13.1. The number of hydrogen-bond acceptors (Lipinski definition) is 4. The number of nitrogens with zero attached hydrogens (tertiary/aromatic N) is 2. The third-order valence-corrected chi connectivity index (χ3v) is 4.44. The minimum Gasteiger partial charge on any atom is -0.486 e. The first-order chi connectivity index (χ1) is 12.8. The highest BCUT2D eigenvalue weighted by Crippen LogP contribution is 2.34. The molecule has 3 heterocycles. The molecule has 0 bridgehead atoms.